The summed E-state index contributed by atoms with van der Waals surface area (Å²) in [5.41, 5.74) is 2.57. The number of nitrogens with zero attached hydrogens (tertiary/aromatic N) is 3. The average Bonchev–Trinajstić information content (AvgIpc) is 2.82. The lowest BCUT2D eigenvalue weighted by atomic mass is 9.99. The minimum atomic E-state index is 0.727. The lowest BCUT2D eigenvalue weighted by Crippen LogP contribution is -2.34. The molecule has 0 saturated carbocycles. The van der Waals surface area contributed by atoms with Crippen LogP contribution in [0, 0.1) is 5.92 Å². The van der Waals surface area contributed by atoms with Gasteiger partial charge in [0, 0.05) is 19.0 Å². The highest BCUT2D eigenvalue weighted by Crippen LogP contribution is 2.20. The maximum absolute atomic E-state index is 5.93. The molecule has 1 aliphatic heterocycles. The molecule has 1 saturated heterocycles. The van der Waals surface area contributed by atoms with Crippen LogP contribution in [0.1, 0.15) is 38.1 Å². The van der Waals surface area contributed by atoms with Gasteiger partial charge in [-0.3, -0.25) is 9.58 Å². The van der Waals surface area contributed by atoms with E-state index in [1.165, 1.54) is 37.3 Å². The van der Waals surface area contributed by atoms with Crippen LogP contribution in [-0.4, -0.2) is 33.6 Å². The van der Waals surface area contributed by atoms with E-state index in [-0.39, 0.29) is 0 Å². The van der Waals surface area contributed by atoms with Gasteiger partial charge >= 0.3 is 0 Å². The molecule has 0 amide bonds. The molecular weight excluding hydrogens is 246 g/mol. The van der Waals surface area contributed by atoms with Crippen molar-refractivity contribution >= 4 is 11.6 Å². The molecule has 102 valence electrons. The van der Waals surface area contributed by atoms with Gasteiger partial charge in [0.2, 0.25) is 0 Å². The average molecular weight is 270 g/mol. The lowest BCUT2D eigenvalue weighted by molar-refractivity contribution is 0.182. The predicted octanol–water partition coefficient (Wildman–Crippen LogP) is 2.92. The van der Waals surface area contributed by atoms with Crippen molar-refractivity contribution in [2.24, 2.45) is 5.92 Å². The normalized spacial score (nSPS) is 18.4. The summed E-state index contributed by atoms with van der Waals surface area (Å²) in [6.07, 6.45) is 3.50. The van der Waals surface area contributed by atoms with E-state index in [0.717, 1.165) is 31.3 Å². The molecule has 0 radical (unpaired) electrons. The van der Waals surface area contributed by atoms with E-state index in [0.29, 0.717) is 0 Å². The lowest BCUT2D eigenvalue weighted by Gasteiger charge is -2.30. The molecule has 1 aromatic heterocycles. The summed E-state index contributed by atoms with van der Waals surface area (Å²) in [5, 5.41) is 4.61. The molecule has 0 atom stereocenters. The summed E-state index contributed by atoms with van der Waals surface area (Å²) < 4.78 is 2.15. The van der Waals surface area contributed by atoms with Gasteiger partial charge in [-0.1, -0.05) is 6.92 Å². The van der Waals surface area contributed by atoms with Crippen LogP contribution in [0.4, 0.5) is 0 Å². The molecule has 0 unspecified atom stereocenters. The van der Waals surface area contributed by atoms with Gasteiger partial charge in [0.15, 0.2) is 0 Å². The molecule has 1 fully saturated rings. The molecule has 0 N–H and O–H groups in total. The van der Waals surface area contributed by atoms with Crippen molar-refractivity contribution in [2.75, 3.05) is 19.0 Å². The molecule has 3 nitrogen and oxygen atoms in total. The molecule has 0 aromatic carbocycles. The molecule has 0 aliphatic carbocycles. The Labute approximate surface area is 115 Å². The van der Waals surface area contributed by atoms with Gasteiger partial charge in [-0.15, -0.1) is 11.6 Å². The number of aromatic nitrogens is 2. The van der Waals surface area contributed by atoms with E-state index >= 15 is 0 Å². The zero-order valence-electron chi connectivity index (χ0n) is 11.5. The van der Waals surface area contributed by atoms with Crippen LogP contribution in [-0.2, 0) is 19.5 Å². The van der Waals surface area contributed by atoms with Gasteiger partial charge in [0.05, 0.1) is 11.4 Å². The third-order valence-electron chi connectivity index (χ3n) is 3.89. The van der Waals surface area contributed by atoms with Crippen LogP contribution in [0.3, 0.4) is 0 Å². The molecule has 1 aliphatic rings. The van der Waals surface area contributed by atoms with E-state index < -0.39 is 0 Å². The van der Waals surface area contributed by atoms with Crippen LogP contribution in [0.2, 0.25) is 0 Å². The third-order valence-corrected chi connectivity index (χ3v) is 4.32. The molecule has 18 heavy (non-hydrogen) atoms. The van der Waals surface area contributed by atoms with Crippen LogP contribution in [0.15, 0.2) is 6.07 Å². The minimum absolute atomic E-state index is 0.727. The van der Waals surface area contributed by atoms with Crippen molar-refractivity contribution in [1.29, 1.82) is 0 Å². The smallest absolute Gasteiger partial charge is 0.0625 e. The van der Waals surface area contributed by atoms with Crippen molar-refractivity contribution in [1.82, 2.24) is 14.7 Å². The van der Waals surface area contributed by atoms with E-state index in [4.69, 9.17) is 11.6 Å². The Morgan fingerprint density at radius 2 is 2.06 bits per heavy atom. The molecular formula is C14H24ClN3. The Morgan fingerprint density at radius 3 is 2.61 bits per heavy atom. The van der Waals surface area contributed by atoms with E-state index in [9.17, 15) is 0 Å². The number of likely N-dealkylation sites (tertiary alicyclic amines) is 1. The molecule has 0 spiro atoms. The Kier molecular flexibility index (Phi) is 5.07. The van der Waals surface area contributed by atoms with Crippen molar-refractivity contribution < 1.29 is 0 Å². The number of rotatable bonds is 5. The summed E-state index contributed by atoms with van der Waals surface area (Å²) in [7, 11) is 0. The van der Waals surface area contributed by atoms with Crippen LogP contribution in [0.5, 0.6) is 0 Å². The second-order valence-electron chi connectivity index (χ2n) is 5.17. The first-order chi connectivity index (χ1) is 8.76. The maximum Gasteiger partial charge on any atom is 0.0625 e. The summed E-state index contributed by atoms with van der Waals surface area (Å²) >= 11 is 5.93. The Bertz CT molecular complexity index is 367. The highest BCUT2D eigenvalue weighted by Gasteiger charge is 2.19. The van der Waals surface area contributed by atoms with Crippen molar-refractivity contribution in [2.45, 2.75) is 46.2 Å². The molecule has 0 bridgehead atoms. The minimum Gasteiger partial charge on any atom is -0.298 e. The molecule has 4 heteroatoms. The fourth-order valence-electron chi connectivity index (χ4n) is 2.62. The zero-order valence-corrected chi connectivity index (χ0v) is 12.3. The van der Waals surface area contributed by atoms with Crippen LogP contribution in [0.25, 0.3) is 0 Å². The predicted molar refractivity (Wildman–Crippen MR) is 76.0 cm³/mol. The number of aryl methyl sites for hydroxylation is 2. The van der Waals surface area contributed by atoms with Gasteiger partial charge < -0.3 is 0 Å². The first-order valence-corrected chi connectivity index (χ1v) is 7.64. The van der Waals surface area contributed by atoms with Crippen LogP contribution < -0.4 is 0 Å². The van der Waals surface area contributed by atoms with Crippen LogP contribution >= 0.6 is 11.6 Å². The highest BCUT2D eigenvalue weighted by molar-refractivity contribution is 6.18. The fourth-order valence-corrected chi connectivity index (χ4v) is 2.93. The van der Waals surface area contributed by atoms with Crippen molar-refractivity contribution in [3.8, 4) is 0 Å². The molecule has 1 aromatic rings. The summed E-state index contributed by atoms with van der Waals surface area (Å²) in [6, 6.07) is 2.26. The largest absolute Gasteiger partial charge is 0.298 e. The number of hydrogen-bond donors (Lipinski definition) is 0. The Morgan fingerprint density at radius 1 is 1.33 bits per heavy atom. The second kappa shape index (κ2) is 6.58. The molecule has 2 rings (SSSR count). The number of halogens is 1. The van der Waals surface area contributed by atoms with Gasteiger partial charge in [-0.05, 0) is 51.3 Å². The van der Waals surface area contributed by atoms with E-state index in [1.54, 1.807) is 0 Å². The maximum atomic E-state index is 5.93. The monoisotopic (exact) mass is 269 g/mol. The quantitative estimate of drug-likeness (QED) is 0.767. The third kappa shape index (κ3) is 3.27. The van der Waals surface area contributed by atoms with Gasteiger partial charge in [0.1, 0.15) is 0 Å². The van der Waals surface area contributed by atoms with Gasteiger partial charge in [-0.25, -0.2) is 0 Å². The fraction of sp³-hybridized carbons (Fsp3) is 0.786. The number of hydrogen-bond acceptors (Lipinski definition) is 2. The second-order valence-corrected chi connectivity index (χ2v) is 5.48. The first kappa shape index (κ1) is 13.9. The SMILES string of the molecule is CCc1cc(CN2CCC(CCl)CC2)n(CC)n1. The summed E-state index contributed by atoms with van der Waals surface area (Å²) in [5.74, 6) is 1.55. The Balaban J connectivity index is 1.95. The topological polar surface area (TPSA) is 21.1 Å². The van der Waals surface area contributed by atoms with Crippen molar-refractivity contribution in [3.63, 3.8) is 0 Å². The molecule has 2 heterocycles. The number of alkyl halides is 1. The standard InChI is InChI=1S/C14H24ClN3/c1-3-13-9-14(18(4-2)16-13)11-17-7-5-12(10-15)6-8-17/h9,12H,3-8,10-11H2,1-2H3. The highest BCUT2D eigenvalue weighted by atomic mass is 35.5. The Hall–Kier alpha value is -0.540. The summed E-state index contributed by atoms with van der Waals surface area (Å²) in [4.78, 5) is 2.53. The van der Waals surface area contributed by atoms with Gasteiger partial charge in [-0.2, -0.15) is 5.10 Å². The summed E-state index contributed by atoms with van der Waals surface area (Å²) in [6.45, 7) is 8.68. The zero-order chi connectivity index (χ0) is 13.0. The van der Waals surface area contributed by atoms with Gasteiger partial charge in [0.25, 0.3) is 0 Å². The van der Waals surface area contributed by atoms with E-state index in [1.807, 2.05) is 0 Å². The van der Waals surface area contributed by atoms with E-state index in [2.05, 4.69) is 34.6 Å². The van der Waals surface area contributed by atoms with Crippen molar-refractivity contribution in [3.05, 3.63) is 17.5 Å². The first-order valence-electron chi connectivity index (χ1n) is 7.10. The number of piperidine rings is 1.